The molecule has 21 heavy (non-hydrogen) atoms. The third-order valence-corrected chi connectivity index (χ3v) is 3.58. The normalized spacial score (nSPS) is 12.4. The van der Waals surface area contributed by atoms with Crippen molar-refractivity contribution in [2.75, 3.05) is 0 Å². The molecule has 0 heterocycles. The summed E-state index contributed by atoms with van der Waals surface area (Å²) in [5.41, 5.74) is 5.21. The van der Waals surface area contributed by atoms with Crippen LogP contribution in [0, 0.1) is 11.6 Å². The van der Waals surface area contributed by atoms with Crippen LogP contribution in [-0.2, 0) is 12.8 Å². The fourth-order valence-electron chi connectivity index (χ4n) is 2.40. The smallest absolute Gasteiger partial charge is 0.162 e. The van der Waals surface area contributed by atoms with Gasteiger partial charge in [0, 0.05) is 0 Å². The summed E-state index contributed by atoms with van der Waals surface area (Å²) in [6.45, 7) is 2.13. The molecule has 0 saturated carbocycles. The number of aryl methyl sites for hydroxylation is 1. The number of benzene rings is 2. The van der Waals surface area contributed by atoms with Gasteiger partial charge in [0.15, 0.2) is 11.6 Å². The first kappa shape index (κ1) is 15.6. The second-order valence-electron chi connectivity index (χ2n) is 5.13. The second kappa shape index (κ2) is 7.29. The molecule has 0 amide bonds. The number of hydrazine groups is 1. The van der Waals surface area contributed by atoms with Crippen LogP contribution in [-0.4, -0.2) is 0 Å². The van der Waals surface area contributed by atoms with Crippen molar-refractivity contribution >= 4 is 0 Å². The van der Waals surface area contributed by atoms with Gasteiger partial charge in [-0.3, -0.25) is 11.3 Å². The lowest BCUT2D eigenvalue weighted by molar-refractivity contribution is 0.481. The maximum Gasteiger partial charge on any atom is 0.162 e. The number of hydrogen-bond donors (Lipinski definition) is 2. The van der Waals surface area contributed by atoms with Crippen molar-refractivity contribution in [1.29, 1.82) is 0 Å². The van der Waals surface area contributed by atoms with E-state index in [1.807, 2.05) is 24.3 Å². The van der Waals surface area contributed by atoms with E-state index in [4.69, 9.17) is 5.84 Å². The molecule has 0 saturated heterocycles. The van der Waals surface area contributed by atoms with Crippen LogP contribution >= 0.6 is 0 Å². The van der Waals surface area contributed by atoms with Gasteiger partial charge in [0.1, 0.15) is 0 Å². The van der Waals surface area contributed by atoms with Gasteiger partial charge in [0.25, 0.3) is 0 Å². The first-order valence-corrected chi connectivity index (χ1v) is 7.13. The monoisotopic (exact) mass is 290 g/mol. The number of nitrogens with two attached hydrogens (primary N) is 1. The highest BCUT2D eigenvalue weighted by Crippen LogP contribution is 2.21. The van der Waals surface area contributed by atoms with E-state index in [0.29, 0.717) is 12.0 Å². The van der Waals surface area contributed by atoms with Crippen LogP contribution in [0.25, 0.3) is 0 Å². The Kier molecular flexibility index (Phi) is 5.42. The first-order valence-electron chi connectivity index (χ1n) is 7.13. The Morgan fingerprint density at radius 1 is 1.10 bits per heavy atom. The predicted octanol–water partition coefficient (Wildman–Crippen LogP) is 3.66. The average Bonchev–Trinajstić information content (AvgIpc) is 2.50. The molecule has 0 aliphatic rings. The van der Waals surface area contributed by atoms with E-state index < -0.39 is 11.6 Å². The second-order valence-corrected chi connectivity index (χ2v) is 5.13. The fraction of sp³-hybridized carbons (Fsp3) is 0.294. The van der Waals surface area contributed by atoms with Gasteiger partial charge in [-0.2, -0.15) is 0 Å². The van der Waals surface area contributed by atoms with Gasteiger partial charge in [0.2, 0.25) is 0 Å². The lowest BCUT2D eigenvalue weighted by Gasteiger charge is -2.17. The molecule has 0 aromatic heterocycles. The van der Waals surface area contributed by atoms with E-state index in [1.165, 1.54) is 11.6 Å². The molecule has 0 aliphatic carbocycles. The summed E-state index contributed by atoms with van der Waals surface area (Å²) in [6.07, 6.45) is 2.42. The topological polar surface area (TPSA) is 38.0 Å². The molecule has 0 fully saturated rings. The molecule has 2 aromatic rings. The van der Waals surface area contributed by atoms with Gasteiger partial charge in [-0.05, 0) is 35.6 Å². The van der Waals surface area contributed by atoms with Crippen LogP contribution in [0.5, 0.6) is 0 Å². The highest BCUT2D eigenvalue weighted by molar-refractivity contribution is 5.28. The highest BCUT2D eigenvalue weighted by atomic mass is 19.2. The van der Waals surface area contributed by atoms with E-state index in [9.17, 15) is 8.78 Å². The Labute approximate surface area is 124 Å². The molecule has 1 atom stereocenters. The van der Waals surface area contributed by atoms with Gasteiger partial charge in [-0.15, -0.1) is 0 Å². The lowest BCUT2D eigenvalue weighted by atomic mass is 9.97. The minimum Gasteiger partial charge on any atom is -0.271 e. The highest BCUT2D eigenvalue weighted by Gasteiger charge is 2.15. The van der Waals surface area contributed by atoms with Crippen LogP contribution in [0.2, 0.25) is 0 Å². The molecule has 4 heteroatoms. The Balaban J connectivity index is 2.17. The van der Waals surface area contributed by atoms with Crippen LogP contribution in [0.4, 0.5) is 8.78 Å². The minimum absolute atomic E-state index is 0.253. The van der Waals surface area contributed by atoms with Gasteiger partial charge < -0.3 is 0 Å². The predicted molar refractivity (Wildman–Crippen MR) is 80.6 cm³/mol. The molecule has 0 radical (unpaired) electrons. The largest absolute Gasteiger partial charge is 0.271 e. The molecule has 112 valence electrons. The quantitative estimate of drug-likeness (QED) is 0.629. The molecule has 2 rings (SSSR count). The standard InChI is InChI=1S/C17H20F2N2/c1-2-4-12-7-9-13(10-8-12)16(21-20)11-14-5-3-6-15(18)17(14)19/h3,5-10,16,21H,2,4,11,20H2,1H3. The Bertz CT molecular complexity index is 582. The molecular weight excluding hydrogens is 270 g/mol. The zero-order chi connectivity index (χ0) is 15.2. The number of nitrogens with one attached hydrogen (secondary N) is 1. The zero-order valence-corrected chi connectivity index (χ0v) is 12.1. The molecule has 3 N–H and O–H groups in total. The average molecular weight is 290 g/mol. The summed E-state index contributed by atoms with van der Waals surface area (Å²) in [5.74, 6) is 3.93. The Hall–Kier alpha value is -1.78. The molecular formula is C17H20F2N2. The molecule has 0 spiro atoms. The number of hydrogen-bond acceptors (Lipinski definition) is 2. The van der Waals surface area contributed by atoms with Crippen LogP contribution in [0.1, 0.15) is 36.1 Å². The summed E-state index contributed by atoms with van der Waals surface area (Å²) in [5, 5.41) is 0. The van der Waals surface area contributed by atoms with Crippen molar-refractivity contribution in [2.45, 2.75) is 32.2 Å². The van der Waals surface area contributed by atoms with Crippen molar-refractivity contribution in [3.63, 3.8) is 0 Å². The molecule has 2 nitrogen and oxygen atoms in total. The molecule has 0 bridgehead atoms. The van der Waals surface area contributed by atoms with Crippen molar-refractivity contribution in [3.8, 4) is 0 Å². The lowest BCUT2D eigenvalue weighted by Crippen LogP contribution is -2.29. The summed E-state index contributed by atoms with van der Waals surface area (Å²) in [6, 6.07) is 12.0. The SMILES string of the molecule is CCCc1ccc(C(Cc2cccc(F)c2F)NN)cc1. The maximum absolute atomic E-state index is 13.7. The van der Waals surface area contributed by atoms with Crippen LogP contribution in [0.3, 0.4) is 0 Å². The maximum atomic E-state index is 13.7. The molecule has 0 aliphatic heterocycles. The summed E-state index contributed by atoms with van der Waals surface area (Å²) < 4.78 is 27.0. The molecule has 2 aromatic carbocycles. The summed E-state index contributed by atoms with van der Waals surface area (Å²) in [4.78, 5) is 0. The summed E-state index contributed by atoms with van der Waals surface area (Å²) in [7, 11) is 0. The van der Waals surface area contributed by atoms with E-state index in [0.717, 1.165) is 24.5 Å². The Morgan fingerprint density at radius 3 is 2.43 bits per heavy atom. The molecule has 1 unspecified atom stereocenters. The minimum atomic E-state index is -0.832. The zero-order valence-electron chi connectivity index (χ0n) is 12.1. The first-order chi connectivity index (χ1) is 10.2. The number of rotatable bonds is 6. The van der Waals surface area contributed by atoms with Crippen molar-refractivity contribution in [2.24, 2.45) is 5.84 Å². The van der Waals surface area contributed by atoms with E-state index in [1.54, 1.807) is 6.07 Å². The van der Waals surface area contributed by atoms with Gasteiger partial charge in [-0.25, -0.2) is 8.78 Å². The van der Waals surface area contributed by atoms with Crippen LogP contribution in [0.15, 0.2) is 42.5 Å². The Morgan fingerprint density at radius 2 is 1.81 bits per heavy atom. The fourth-order valence-corrected chi connectivity index (χ4v) is 2.40. The van der Waals surface area contributed by atoms with Gasteiger partial charge in [-0.1, -0.05) is 49.7 Å². The van der Waals surface area contributed by atoms with Gasteiger partial charge in [0.05, 0.1) is 6.04 Å². The summed E-state index contributed by atoms with van der Waals surface area (Å²) >= 11 is 0. The van der Waals surface area contributed by atoms with Gasteiger partial charge >= 0.3 is 0 Å². The third-order valence-electron chi connectivity index (χ3n) is 3.58. The van der Waals surface area contributed by atoms with Crippen LogP contribution < -0.4 is 11.3 Å². The van der Waals surface area contributed by atoms with Crippen molar-refractivity contribution < 1.29 is 8.78 Å². The van der Waals surface area contributed by atoms with E-state index in [2.05, 4.69) is 12.3 Å². The van der Waals surface area contributed by atoms with E-state index in [-0.39, 0.29) is 6.04 Å². The third kappa shape index (κ3) is 3.86. The van der Waals surface area contributed by atoms with Crippen molar-refractivity contribution in [3.05, 3.63) is 70.8 Å². The number of halogens is 2. The van der Waals surface area contributed by atoms with E-state index >= 15 is 0 Å². The van der Waals surface area contributed by atoms with Crippen molar-refractivity contribution in [1.82, 2.24) is 5.43 Å².